The van der Waals surface area contributed by atoms with Crippen LogP contribution < -0.4 is 5.32 Å². The smallest absolute Gasteiger partial charge is 0.0937 e. The molecule has 0 bridgehead atoms. The van der Waals surface area contributed by atoms with Crippen LogP contribution in [0, 0.1) is 17.3 Å². The molecule has 1 aliphatic carbocycles. The van der Waals surface area contributed by atoms with E-state index in [4.69, 9.17) is 4.42 Å². The first-order chi connectivity index (χ1) is 9.52. The van der Waals surface area contributed by atoms with Crippen LogP contribution in [0.4, 0.5) is 0 Å². The minimum absolute atomic E-state index is 0.420. The lowest BCUT2D eigenvalue weighted by atomic mass is 9.64. The summed E-state index contributed by atoms with van der Waals surface area (Å²) in [5.74, 6) is 2.25. The van der Waals surface area contributed by atoms with Crippen molar-refractivity contribution in [2.45, 2.75) is 59.3 Å². The Kier molecular flexibility index (Phi) is 5.31. The van der Waals surface area contributed by atoms with Gasteiger partial charge in [0, 0.05) is 0 Å². The SMILES string of the molecule is CCCNCC1CCC(C(C)(C)C)CC1c1ccoc1. The highest BCUT2D eigenvalue weighted by molar-refractivity contribution is 5.15. The Morgan fingerprint density at radius 2 is 2.10 bits per heavy atom. The number of furan rings is 1. The van der Waals surface area contributed by atoms with E-state index in [1.807, 2.05) is 12.5 Å². The van der Waals surface area contributed by atoms with Gasteiger partial charge in [-0.1, -0.05) is 27.7 Å². The summed E-state index contributed by atoms with van der Waals surface area (Å²) in [6, 6.07) is 2.17. The third kappa shape index (κ3) is 3.88. The summed E-state index contributed by atoms with van der Waals surface area (Å²) in [4.78, 5) is 0. The first kappa shape index (κ1) is 15.6. The lowest BCUT2D eigenvalue weighted by Gasteiger charge is -2.42. The van der Waals surface area contributed by atoms with Crippen molar-refractivity contribution in [3.05, 3.63) is 24.2 Å². The van der Waals surface area contributed by atoms with Gasteiger partial charge >= 0.3 is 0 Å². The highest BCUT2D eigenvalue weighted by Crippen LogP contribution is 2.46. The number of hydrogen-bond acceptors (Lipinski definition) is 2. The molecule has 0 aromatic carbocycles. The zero-order chi connectivity index (χ0) is 14.6. The number of hydrogen-bond donors (Lipinski definition) is 1. The fourth-order valence-corrected chi connectivity index (χ4v) is 3.62. The van der Waals surface area contributed by atoms with Crippen molar-refractivity contribution in [2.24, 2.45) is 17.3 Å². The zero-order valence-corrected chi connectivity index (χ0v) is 13.6. The molecule has 0 saturated heterocycles. The second-order valence-corrected chi connectivity index (χ2v) is 7.50. The van der Waals surface area contributed by atoms with Gasteiger partial charge in [-0.2, -0.15) is 0 Å². The van der Waals surface area contributed by atoms with Crippen LogP contribution in [0.1, 0.15) is 64.9 Å². The molecule has 3 atom stereocenters. The van der Waals surface area contributed by atoms with Crippen LogP contribution >= 0.6 is 0 Å². The van der Waals surface area contributed by atoms with E-state index in [0.717, 1.165) is 24.9 Å². The molecule has 1 fully saturated rings. The Labute approximate surface area is 124 Å². The molecule has 0 aliphatic heterocycles. The highest BCUT2D eigenvalue weighted by atomic mass is 16.3. The number of nitrogens with one attached hydrogen (secondary N) is 1. The van der Waals surface area contributed by atoms with E-state index < -0.39 is 0 Å². The topological polar surface area (TPSA) is 25.2 Å². The summed E-state index contributed by atoms with van der Waals surface area (Å²) in [5, 5.41) is 3.62. The minimum Gasteiger partial charge on any atom is -0.472 e. The fraction of sp³-hybridized carbons (Fsp3) is 0.778. The molecular formula is C18H31NO. The maximum absolute atomic E-state index is 5.34. The van der Waals surface area contributed by atoms with Gasteiger partial charge in [0.2, 0.25) is 0 Å². The molecule has 1 aromatic rings. The first-order valence-corrected chi connectivity index (χ1v) is 8.25. The van der Waals surface area contributed by atoms with Gasteiger partial charge in [-0.3, -0.25) is 0 Å². The second kappa shape index (κ2) is 6.80. The summed E-state index contributed by atoms with van der Waals surface area (Å²) in [6.07, 6.45) is 9.02. The molecule has 1 aromatic heterocycles. The van der Waals surface area contributed by atoms with Gasteiger partial charge in [-0.05, 0) is 73.6 Å². The van der Waals surface area contributed by atoms with Gasteiger partial charge < -0.3 is 9.73 Å². The van der Waals surface area contributed by atoms with Gasteiger partial charge in [-0.25, -0.2) is 0 Å². The minimum atomic E-state index is 0.420. The molecule has 20 heavy (non-hydrogen) atoms. The van der Waals surface area contributed by atoms with Crippen LogP contribution in [0.5, 0.6) is 0 Å². The molecule has 1 heterocycles. The summed E-state index contributed by atoms with van der Waals surface area (Å²) in [5.41, 5.74) is 1.83. The maximum atomic E-state index is 5.34. The molecule has 2 nitrogen and oxygen atoms in total. The molecule has 1 saturated carbocycles. The van der Waals surface area contributed by atoms with Gasteiger partial charge in [-0.15, -0.1) is 0 Å². The first-order valence-electron chi connectivity index (χ1n) is 8.25. The monoisotopic (exact) mass is 277 g/mol. The van der Waals surface area contributed by atoms with Crippen molar-refractivity contribution in [2.75, 3.05) is 13.1 Å². The van der Waals surface area contributed by atoms with Crippen molar-refractivity contribution < 1.29 is 4.42 Å². The molecule has 3 unspecified atom stereocenters. The Hall–Kier alpha value is -0.760. The molecule has 0 radical (unpaired) electrons. The zero-order valence-electron chi connectivity index (χ0n) is 13.6. The molecule has 114 valence electrons. The normalized spacial score (nSPS) is 27.7. The van der Waals surface area contributed by atoms with Crippen LogP contribution in [-0.2, 0) is 0 Å². The Balaban J connectivity index is 2.05. The van der Waals surface area contributed by atoms with E-state index in [1.165, 1.54) is 31.2 Å². The van der Waals surface area contributed by atoms with E-state index in [-0.39, 0.29) is 0 Å². The Bertz CT molecular complexity index is 377. The average molecular weight is 277 g/mol. The quantitative estimate of drug-likeness (QED) is 0.780. The van der Waals surface area contributed by atoms with Crippen molar-refractivity contribution >= 4 is 0 Å². The van der Waals surface area contributed by atoms with Gasteiger partial charge in [0.15, 0.2) is 0 Å². The van der Waals surface area contributed by atoms with Gasteiger partial charge in [0.05, 0.1) is 12.5 Å². The molecule has 2 rings (SSSR count). The molecular weight excluding hydrogens is 246 g/mol. The van der Waals surface area contributed by atoms with Crippen LogP contribution in [0.3, 0.4) is 0 Å². The second-order valence-electron chi connectivity index (χ2n) is 7.50. The predicted octanol–water partition coefficient (Wildman–Crippen LogP) is 4.83. The van der Waals surface area contributed by atoms with Crippen LogP contribution in [0.15, 0.2) is 23.0 Å². The summed E-state index contributed by atoms with van der Waals surface area (Å²) < 4.78 is 5.34. The average Bonchev–Trinajstić information content (AvgIpc) is 2.92. The summed E-state index contributed by atoms with van der Waals surface area (Å²) in [6.45, 7) is 11.7. The highest BCUT2D eigenvalue weighted by Gasteiger charge is 2.36. The lowest BCUT2D eigenvalue weighted by molar-refractivity contribution is 0.129. The van der Waals surface area contributed by atoms with Gasteiger partial charge in [0.25, 0.3) is 0 Å². The molecule has 0 amide bonds. The third-order valence-electron chi connectivity index (χ3n) is 5.02. The van der Waals surface area contributed by atoms with Crippen molar-refractivity contribution in [1.82, 2.24) is 5.32 Å². The Morgan fingerprint density at radius 1 is 1.30 bits per heavy atom. The summed E-state index contributed by atoms with van der Waals surface area (Å²) >= 11 is 0. The fourth-order valence-electron chi connectivity index (χ4n) is 3.62. The maximum Gasteiger partial charge on any atom is 0.0937 e. The molecule has 1 aliphatic rings. The van der Waals surface area contributed by atoms with Gasteiger partial charge in [0.1, 0.15) is 0 Å². The molecule has 1 N–H and O–H groups in total. The van der Waals surface area contributed by atoms with Crippen molar-refractivity contribution in [3.63, 3.8) is 0 Å². The third-order valence-corrected chi connectivity index (χ3v) is 5.02. The van der Waals surface area contributed by atoms with E-state index in [2.05, 4.69) is 39.1 Å². The Morgan fingerprint density at radius 3 is 2.70 bits per heavy atom. The lowest BCUT2D eigenvalue weighted by Crippen LogP contribution is -2.35. The van der Waals surface area contributed by atoms with Crippen LogP contribution in [-0.4, -0.2) is 13.1 Å². The van der Waals surface area contributed by atoms with E-state index in [1.54, 1.807) is 0 Å². The molecule has 2 heteroatoms. The van der Waals surface area contributed by atoms with Crippen molar-refractivity contribution in [3.8, 4) is 0 Å². The predicted molar refractivity (Wildman–Crippen MR) is 84.9 cm³/mol. The van der Waals surface area contributed by atoms with Crippen LogP contribution in [0.2, 0.25) is 0 Å². The van der Waals surface area contributed by atoms with E-state index >= 15 is 0 Å². The standard InChI is InChI=1S/C18H31NO/c1-5-9-19-12-14-6-7-16(18(2,3)4)11-17(14)15-8-10-20-13-15/h8,10,13-14,16-17,19H,5-7,9,11-12H2,1-4H3. The number of rotatable bonds is 5. The summed E-state index contributed by atoms with van der Waals surface area (Å²) in [7, 11) is 0. The van der Waals surface area contributed by atoms with E-state index in [9.17, 15) is 0 Å². The molecule has 0 spiro atoms. The largest absolute Gasteiger partial charge is 0.472 e. The van der Waals surface area contributed by atoms with Crippen LogP contribution in [0.25, 0.3) is 0 Å². The van der Waals surface area contributed by atoms with Crippen molar-refractivity contribution in [1.29, 1.82) is 0 Å². The van der Waals surface area contributed by atoms with E-state index in [0.29, 0.717) is 11.3 Å².